The van der Waals surface area contributed by atoms with Crippen molar-refractivity contribution in [1.82, 2.24) is 5.32 Å². The molecular weight excluding hydrogens is 290 g/mol. The molecular formula is C14H24N3O5+. The SMILES string of the molecule is CC[C@H](OC)C(=O)N[C@@H](CCC(=O)C=[N+]=N)C(=O)OC(C)C. The highest BCUT2D eigenvalue weighted by molar-refractivity contribution is 6.25. The molecule has 0 rings (SSSR count). The summed E-state index contributed by atoms with van der Waals surface area (Å²) in [5, 5.41) is 2.54. The zero-order valence-corrected chi connectivity index (χ0v) is 13.4. The van der Waals surface area contributed by atoms with Crippen LogP contribution in [0.1, 0.15) is 40.0 Å². The lowest BCUT2D eigenvalue weighted by Gasteiger charge is -2.21. The van der Waals surface area contributed by atoms with Crippen molar-refractivity contribution in [3.8, 4) is 0 Å². The van der Waals surface area contributed by atoms with Crippen LogP contribution in [-0.4, -0.2) is 54.0 Å². The summed E-state index contributed by atoms with van der Waals surface area (Å²) in [5.74, 6) is -1.44. The molecule has 22 heavy (non-hydrogen) atoms. The number of esters is 1. The molecule has 124 valence electrons. The first-order chi connectivity index (χ1) is 10.3. The molecule has 0 saturated heterocycles. The quantitative estimate of drug-likeness (QED) is 0.263. The van der Waals surface area contributed by atoms with Crippen molar-refractivity contribution in [3.05, 3.63) is 0 Å². The second-order valence-corrected chi connectivity index (χ2v) is 4.94. The number of Topliss-reactive ketones (excluding diaryl/α,β-unsaturated/α-hetero) is 1. The van der Waals surface area contributed by atoms with E-state index in [-0.39, 0.29) is 18.9 Å². The van der Waals surface area contributed by atoms with Crippen LogP contribution in [0.4, 0.5) is 0 Å². The van der Waals surface area contributed by atoms with Crippen LogP contribution in [0.25, 0.3) is 0 Å². The minimum Gasteiger partial charge on any atom is -0.461 e. The van der Waals surface area contributed by atoms with Gasteiger partial charge in [-0.05, 0) is 26.7 Å². The molecule has 0 aliphatic carbocycles. The summed E-state index contributed by atoms with van der Waals surface area (Å²) in [6, 6.07) is -0.942. The summed E-state index contributed by atoms with van der Waals surface area (Å²) in [6.45, 7) is 5.17. The van der Waals surface area contributed by atoms with Crippen LogP contribution in [0, 0.1) is 5.53 Å². The van der Waals surface area contributed by atoms with Crippen LogP contribution in [0.5, 0.6) is 0 Å². The van der Waals surface area contributed by atoms with Crippen LogP contribution in [-0.2, 0) is 23.9 Å². The molecule has 0 unspecified atom stereocenters. The third kappa shape index (κ3) is 7.66. The van der Waals surface area contributed by atoms with Gasteiger partial charge in [-0.3, -0.25) is 9.59 Å². The predicted molar refractivity (Wildman–Crippen MR) is 77.5 cm³/mol. The Balaban J connectivity index is 4.84. The molecule has 0 radical (unpaired) electrons. The molecule has 0 heterocycles. The van der Waals surface area contributed by atoms with Gasteiger partial charge in [0.05, 0.1) is 16.4 Å². The Kier molecular flexibility index (Phi) is 9.65. The zero-order valence-electron chi connectivity index (χ0n) is 13.4. The largest absolute Gasteiger partial charge is 0.461 e. The van der Waals surface area contributed by atoms with Crippen molar-refractivity contribution in [3.63, 3.8) is 0 Å². The minimum absolute atomic E-state index is 0.0235. The predicted octanol–water partition coefficient (Wildman–Crippen LogP) is 0.507. The van der Waals surface area contributed by atoms with Crippen molar-refractivity contribution in [2.75, 3.05) is 7.11 Å². The van der Waals surface area contributed by atoms with E-state index in [0.29, 0.717) is 6.42 Å². The van der Waals surface area contributed by atoms with Gasteiger partial charge < -0.3 is 14.8 Å². The highest BCUT2D eigenvalue weighted by Crippen LogP contribution is 2.05. The van der Waals surface area contributed by atoms with E-state index in [2.05, 4.69) is 10.1 Å². The molecule has 0 aromatic rings. The van der Waals surface area contributed by atoms with Gasteiger partial charge in [0, 0.05) is 13.5 Å². The number of ether oxygens (including phenoxy) is 2. The van der Waals surface area contributed by atoms with E-state index < -0.39 is 29.8 Å². The number of amides is 1. The van der Waals surface area contributed by atoms with Gasteiger partial charge in [-0.2, -0.15) is 0 Å². The molecule has 0 fully saturated rings. The van der Waals surface area contributed by atoms with Gasteiger partial charge in [-0.15, -0.1) is 0 Å². The number of nitrogens with one attached hydrogen (secondary N) is 2. The van der Waals surface area contributed by atoms with Crippen molar-refractivity contribution in [2.45, 2.75) is 58.3 Å². The molecule has 8 heteroatoms. The number of rotatable bonds is 10. The Labute approximate surface area is 129 Å². The van der Waals surface area contributed by atoms with Gasteiger partial charge in [0.1, 0.15) is 12.1 Å². The maximum absolute atomic E-state index is 12.0. The molecule has 2 N–H and O–H groups in total. The van der Waals surface area contributed by atoms with Gasteiger partial charge >= 0.3 is 12.2 Å². The maximum Gasteiger partial charge on any atom is 0.372 e. The van der Waals surface area contributed by atoms with Crippen molar-refractivity contribution >= 4 is 23.9 Å². The van der Waals surface area contributed by atoms with E-state index >= 15 is 0 Å². The standard InChI is InChI=1S/C14H23N3O5/c1-5-12(21-4)13(19)17-11(14(20)22-9(2)3)7-6-10(18)8-16-15/h8-9,11-12,15H,5-7H2,1-4H3/p+1/t11-,12-/m0/s1. The molecule has 0 aromatic carbocycles. The lowest BCUT2D eigenvalue weighted by atomic mass is 10.1. The summed E-state index contributed by atoms with van der Waals surface area (Å²) < 4.78 is 10.1. The van der Waals surface area contributed by atoms with E-state index in [1.54, 1.807) is 20.8 Å². The van der Waals surface area contributed by atoms with Gasteiger partial charge in [-0.25, -0.2) is 4.79 Å². The number of ketones is 1. The van der Waals surface area contributed by atoms with Gasteiger partial charge in [0.15, 0.2) is 0 Å². The summed E-state index contributed by atoms with van der Waals surface area (Å²) in [5.41, 5.74) is 6.59. The van der Waals surface area contributed by atoms with E-state index in [1.165, 1.54) is 7.11 Å². The molecule has 0 bridgehead atoms. The van der Waals surface area contributed by atoms with Crippen molar-refractivity contribution in [2.24, 2.45) is 0 Å². The molecule has 0 aliphatic heterocycles. The molecule has 8 nitrogen and oxygen atoms in total. The van der Waals surface area contributed by atoms with Crippen LogP contribution in [0.3, 0.4) is 0 Å². The summed E-state index contributed by atoms with van der Waals surface area (Å²) in [4.78, 5) is 38.2. The topological polar surface area (TPSA) is 120 Å². The van der Waals surface area contributed by atoms with Crippen molar-refractivity contribution < 1.29 is 28.6 Å². The molecule has 0 saturated carbocycles. The highest BCUT2D eigenvalue weighted by atomic mass is 16.5. The van der Waals surface area contributed by atoms with Gasteiger partial charge in [0.25, 0.3) is 0 Å². The lowest BCUT2D eigenvalue weighted by Crippen LogP contribution is -2.47. The van der Waals surface area contributed by atoms with E-state index in [9.17, 15) is 14.4 Å². The number of carbonyl (C=O) groups excluding carboxylic acids is 3. The van der Waals surface area contributed by atoms with Crippen LogP contribution >= 0.6 is 0 Å². The summed E-state index contributed by atoms with van der Waals surface area (Å²) in [6.07, 6.45) is 0.365. The smallest absolute Gasteiger partial charge is 0.372 e. The number of hydrogen-bond acceptors (Lipinski definition) is 6. The summed E-state index contributed by atoms with van der Waals surface area (Å²) in [7, 11) is 1.41. The minimum atomic E-state index is -0.942. The second kappa shape index (κ2) is 10.6. The van der Waals surface area contributed by atoms with E-state index in [4.69, 9.17) is 15.0 Å². The molecule has 0 aliphatic rings. The maximum atomic E-state index is 12.0. The Morgan fingerprint density at radius 1 is 1.32 bits per heavy atom. The molecule has 2 atom stereocenters. The third-order valence-electron chi connectivity index (χ3n) is 2.79. The normalized spacial score (nSPS) is 13.0. The molecule has 0 spiro atoms. The average Bonchev–Trinajstić information content (AvgIpc) is 2.44. The Morgan fingerprint density at radius 3 is 2.41 bits per heavy atom. The van der Waals surface area contributed by atoms with Crippen molar-refractivity contribution in [1.29, 1.82) is 5.53 Å². The number of carbonyl (C=O) groups is 3. The fourth-order valence-corrected chi connectivity index (χ4v) is 1.71. The third-order valence-corrected chi connectivity index (χ3v) is 2.79. The monoisotopic (exact) mass is 314 g/mol. The lowest BCUT2D eigenvalue weighted by molar-refractivity contribution is -0.152. The fraction of sp³-hybridized carbons (Fsp3) is 0.714. The fourth-order valence-electron chi connectivity index (χ4n) is 1.71. The zero-order chi connectivity index (χ0) is 17.1. The van der Waals surface area contributed by atoms with E-state index in [1.807, 2.05) is 0 Å². The van der Waals surface area contributed by atoms with Crippen LogP contribution < -0.4 is 5.32 Å². The highest BCUT2D eigenvalue weighted by Gasteiger charge is 2.27. The van der Waals surface area contributed by atoms with Gasteiger partial charge in [-0.1, -0.05) is 6.92 Å². The Bertz CT molecular complexity index is 440. The second-order valence-electron chi connectivity index (χ2n) is 4.94. The number of methoxy groups -OCH3 is 1. The van der Waals surface area contributed by atoms with Crippen LogP contribution in [0.2, 0.25) is 0 Å². The molecule has 0 aromatic heterocycles. The first-order valence-corrected chi connectivity index (χ1v) is 7.11. The number of nitrogens with zero attached hydrogens (tertiary/aromatic N) is 1. The Morgan fingerprint density at radius 2 is 1.95 bits per heavy atom. The molecule has 1 amide bonds. The first-order valence-electron chi connectivity index (χ1n) is 7.11. The van der Waals surface area contributed by atoms with Crippen LogP contribution in [0.15, 0.2) is 0 Å². The average molecular weight is 314 g/mol. The van der Waals surface area contributed by atoms with Gasteiger partial charge in [0.2, 0.25) is 11.7 Å². The number of hydrogen-bond donors (Lipinski definition) is 2. The van der Waals surface area contributed by atoms with E-state index in [0.717, 1.165) is 6.21 Å². The summed E-state index contributed by atoms with van der Waals surface area (Å²) >= 11 is 0. The first kappa shape index (κ1) is 19.9. The Hall–Kier alpha value is -2.05.